The largest absolute Gasteiger partial charge is 0.496 e. The van der Waals surface area contributed by atoms with Crippen molar-refractivity contribution < 1.29 is 14.3 Å². The van der Waals surface area contributed by atoms with Gasteiger partial charge in [0.2, 0.25) is 5.91 Å². The lowest BCUT2D eigenvalue weighted by Crippen LogP contribution is -2.41. The zero-order chi connectivity index (χ0) is 13.5. The standard InChI is InChI=1S/C12H16N2O3S/c1-8(11(15)14-12(16)13-2)18-10-7-5-4-6-9(10)17-3/h4-8H,1-3H3,(H2,13,14,15,16)/t8-/m0/s1. The first-order chi connectivity index (χ1) is 8.58. The molecule has 0 radical (unpaired) electrons. The monoisotopic (exact) mass is 268 g/mol. The molecule has 0 aliphatic heterocycles. The molecule has 1 aromatic carbocycles. The molecule has 2 N–H and O–H groups in total. The van der Waals surface area contributed by atoms with Crippen molar-refractivity contribution in [1.82, 2.24) is 10.6 Å². The Bertz CT molecular complexity index is 437. The van der Waals surface area contributed by atoms with Gasteiger partial charge >= 0.3 is 6.03 Å². The summed E-state index contributed by atoms with van der Waals surface area (Å²) in [5.41, 5.74) is 0. The van der Waals surface area contributed by atoms with Crippen molar-refractivity contribution in [2.24, 2.45) is 0 Å². The summed E-state index contributed by atoms with van der Waals surface area (Å²) in [6.45, 7) is 1.73. The lowest BCUT2D eigenvalue weighted by Gasteiger charge is -2.13. The Balaban J connectivity index is 2.66. The summed E-state index contributed by atoms with van der Waals surface area (Å²) in [7, 11) is 3.04. The molecule has 6 heteroatoms. The van der Waals surface area contributed by atoms with Gasteiger partial charge in [0.05, 0.1) is 17.3 Å². The Hall–Kier alpha value is -1.69. The van der Waals surface area contributed by atoms with E-state index in [-0.39, 0.29) is 5.91 Å². The van der Waals surface area contributed by atoms with Crippen LogP contribution < -0.4 is 15.4 Å². The van der Waals surface area contributed by atoms with Gasteiger partial charge in [-0.2, -0.15) is 0 Å². The Labute approximate surface area is 110 Å². The van der Waals surface area contributed by atoms with E-state index in [0.29, 0.717) is 5.75 Å². The molecule has 0 fully saturated rings. The fourth-order valence-electron chi connectivity index (χ4n) is 1.24. The Morgan fingerprint density at radius 2 is 2.00 bits per heavy atom. The maximum Gasteiger partial charge on any atom is 0.321 e. The van der Waals surface area contributed by atoms with E-state index in [4.69, 9.17) is 4.74 Å². The highest BCUT2D eigenvalue weighted by molar-refractivity contribution is 8.00. The van der Waals surface area contributed by atoms with Crippen LogP contribution in [0.2, 0.25) is 0 Å². The average molecular weight is 268 g/mol. The number of carbonyl (C=O) groups is 2. The molecule has 0 spiro atoms. The summed E-state index contributed by atoms with van der Waals surface area (Å²) in [4.78, 5) is 23.6. The molecule has 0 unspecified atom stereocenters. The number of urea groups is 1. The van der Waals surface area contributed by atoms with Crippen LogP contribution in [0.3, 0.4) is 0 Å². The number of carbonyl (C=O) groups excluding carboxylic acids is 2. The maximum absolute atomic E-state index is 11.7. The molecule has 0 saturated heterocycles. The van der Waals surface area contributed by atoms with Gasteiger partial charge in [-0.05, 0) is 19.1 Å². The van der Waals surface area contributed by atoms with E-state index in [1.165, 1.54) is 18.8 Å². The van der Waals surface area contributed by atoms with E-state index >= 15 is 0 Å². The van der Waals surface area contributed by atoms with Crippen molar-refractivity contribution in [3.8, 4) is 5.75 Å². The van der Waals surface area contributed by atoms with Crippen molar-refractivity contribution in [3.63, 3.8) is 0 Å². The molecule has 18 heavy (non-hydrogen) atoms. The normalized spacial score (nSPS) is 11.5. The predicted octanol–water partition coefficient (Wildman–Crippen LogP) is 1.63. The van der Waals surface area contributed by atoms with Crippen LogP contribution in [0, 0.1) is 0 Å². The van der Waals surface area contributed by atoms with Gasteiger partial charge in [-0.1, -0.05) is 12.1 Å². The van der Waals surface area contributed by atoms with Crippen LogP contribution in [0.25, 0.3) is 0 Å². The van der Waals surface area contributed by atoms with E-state index in [1.54, 1.807) is 14.0 Å². The number of rotatable bonds is 4. The summed E-state index contributed by atoms with van der Waals surface area (Å²) in [5, 5.41) is 4.18. The zero-order valence-electron chi connectivity index (χ0n) is 10.5. The van der Waals surface area contributed by atoms with Gasteiger partial charge in [-0.3, -0.25) is 10.1 Å². The minimum absolute atomic E-state index is 0.342. The number of hydrogen-bond donors (Lipinski definition) is 2. The van der Waals surface area contributed by atoms with Crippen molar-refractivity contribution in [2.75, 3.05) is 14.2 Å². The Morgan fingerprint density at radius 1 is 1.33 bits per heavy atom. The van der Waals surface area contributed by atoms with Gasteiger partial charge in [-0.25, -0.2) is 4.79 Å². The second-order valence-electron chi connectivity index (χ2n) is 3.48. The SMILES string of the molecule is CNC(=O)NC(=O)[C@H](C)Sc1ccccc1OC. The van der Waals surface area contributed by atoms with Crippen molar-refractivity contribution in [2.45, 2.75) is 17.1 Å². The van der Waals surface area contributed by atoms with Crippen LogP contribution in [-0.2, 0) is 4.79 Å². The molecule has 0 aliphatic carbocycles. The first-order valence-corrected chi connectivity index (χ1v) is 6.28. The zero-order valence-corrected chi connectivity index (χ0v) is 11.3. The van der Waals surface area contributed by atoms with Crippen LogP contribution in [0.5, 0.6) is 5.75 Å². The van der Waals surface area contributed by atoms with Crippen molar-refractivity contribution in [1.29, 1.82) is 0 Å². The average Bonchev–Trinajstić information content (AvgIpc) is 2.39. The van der Waals surface area contributed by atoms with Gasteiger partial charge < -0.3 is 10.1 Å². The number of amides is 3. The molecule has 0 aromatic heterocycles. The number of para-hydroxylation sites is 1. The molecule has 1 atom stereocenters. The number of thioether (sulfide) groups is 1. The summed E-state index contributed by atoms with van der Waals surface area (Å²) in [6, 6.07) is 6.91. The molecule has 98 valence electrons. The molecular formula is C12H16N2O3S. The van der Waals surface area contributed by atoms with Crippen molar-refractivity contribution in [3.05, 3.63) is 24.3 Å². The summed E-state index contributed by atoms with van der Waals surface area (Å²) < 4.78 is 5.20. The molecule has 0 bridgehead atoms. The molecule has 3 amide bonds. The van der Waals surface area contributed by atoms with E-state index < -0.39 is 11.3 Å². The summed E-state index contributed by atoms with van der Waals surface area (Å²) in [6.07, 6.45) is 0. The molecular weight excluding hydrogens is 252 g/mol. The molecule has 0 heterocycles. The first-order valence-electron chi connectivity index (χ1n) is 5.40. The fraction of sp³-hybridized carbons (Fsp3) is 0.333. The smallest absolute Gasteiger partial charge is 0.321 e. The topological polar surface area (TPSA) is 67.4 Å². The lowest BCUT2D eigenvalue weighted by atomic mass is 10.3. The summed E-state index contributed by atoms with van der Waals surface area (Å²) in [5.74, 6) is 0.368. The molecule has 0 aliphatic rings. The van der Waals surface area contributed by atoms with E-state index in [9.17, 15) is 9.59 Å². The van der Waals surface area contributed by atoms with E-state index in [0.717, 1.165) is 4.90 Å². The summed E-state index contributed by atoms with van der Waals surface area (Å²) >= 11 is 1.34. The van der Waals surface area contributed by atoms with Gasteiger partial charge in [-0.15, -0.1) is 11.8 Å². The highest BCUT2D eigenvalue weighted by atomic mass is 32.2. The maximum atomic E-state index is 11.7. The van der Waals surface area contributed by atoms with Crippen molar-refractivity contribution >= 4 is 23.7 Å². The van der Waals surface area contributed by atoms with E-state index in [1.807, 2.05) is 24.3 Å². The molecule has 1 rings (SSSR count). The predicted molar refractivity (Wildman–Crippen MR) is 70.9 cm³/mol. The quantitative estimate of drug-likeness (QED) is 0.814. The third kappa shape index (κ3) is 3.96. The molecule has 1 aromatic rings. The van der Waals surface area contributed by atoms with Crippen LogP contribution in [0.1, 0.15) is 6.92 Å². The van der Waals surface area contributed by atoms with E-state index in [2.05, 4.69) is 10.6 Å². The number of methoxy groups -OCH3 is 1. The molecule has 5 nitrogen and oxygen atoms in total. The number of ether oxygens (including phenoxy) is 1. The van der Waals surface area contributed by atoms with Gasteiger partial charge in [0, 0.05) is 7.05 Å². The van der Waals surface area contributed by atoms with Crippen LogP contribution in [-0.4, -0.2) is 31.3 Å². The van der Waals surface area contributed by atoms with Gasteiger partial charge in [0.1, 0.15) is 5.75 Å². The third-order valence-corrected chi connectivity index (χ3v) is 3.36. The van der Waals surface area contributed by atoms with Gasteiger partial charge in [0.25, 0.3) is 0 Å². The Kier molecular flexibility index (Phi) is 5.51. The number of hydrogen-bond acceptors (Lipinski definition) is 4. The Morgan fingerprint density at radius 3 is 2.61 bits per heavy atom. The number of nitrogens with one attached hydrogen (secondary N) is 2. The minimum atomic E-state index is -0.507. The first kappa shape index (κ1) is 14.4. The number of benzene rings is 1. The number of imide groups is 1. The lowest BCUT2D eigenvalue weighted by molar-refractivity contribution is -0.119. The molecule has 0 saturated carbocycles. The minimum Gasteiger partial charge on any atom is -0.496 e. The highest BCUT2D eigenvalue weighted by Crippen LogP contribution is 2.31. The second kappa shape index (κ2) is 6.90. The van der Waals surface area contributed by atoms with Crippen LogP contribution >= 0.6 is 11.8 Å². The fourth-order valence-corrected chi connectivity index (χ4v) is 2.21. The van der Waals surface area contributed by atoms with Crippen LogP contribution in [0.15, 0.2) is 29.2 Å². The van der Waals surface area contributed by atoms with Crippen LogP contribution in [0.4, 0.5) is 4.79 Å². The third-order valence-electron chi connectivity index (χ3n) is 2.21. The second-order valence-corrected chi connectivity index (χ2v) is 4.86. The van der Waals surface area contributed by atoms with Gasteiger partial charge in [0.15, 0.2) is 0 Å². The highest BCUT2D eigenvalue weighted by Gasteiger charge is 2.17.